The van der Waals surface area contributed by atoms with Gasteiger partial charge in [-0.3, -0.25) is 4.90 Å². The third-order valence-corrected chi connectivity index (χ3v) is 3.11. The van der Waals surface area contributed by atoms with E-state index in [0.717, 1.165) is 39.5 Å². The third-order valence-electron chi connectivity index (χ3n) is 3.11. The Labute approximate surface area is 91.9 Å². The topological polar surface area (TPSA) is 33.7 Å². The molecule has 0 aromatic rings. The second-order valence-corrected chi connectivity index (χ2v) is 4.37. The van der Waals surface area contributed by atoms with Gasteiger partial charge < -0.3 is 14.8 Å². The maximum absolute atomic E-state index is 5.65. The highest BCUT2D eigenvalue weighted by Crippen LogP contribution is 2.11. The second kappa shape index (κ2) is 5.80. The van der Waals surface area contributed by atoms with Crippen LogP contribution in [0.1, 0.15) is 13.3 Å². The van der Waals surface area contributed by atoms with Gasteiger partial charge >= 0.3 is 0 Å². The van der Waals surface area contributed by atoms with Crippen molar-refractivity contribution in [3.63, 3.8) is 0 Å². The molecule has 0 spiro atoms. The normalized spacial score (nSPS) is 33.4. The number of ether oxygens (including phenoxy) is 2. The van der Waals surface area contributed by atoms with Gasteiger partial charge in [0.1, 0.15) is 0 Å². The maximum atomic E-state index is 5.65. The summed E-state index contributed by atoms with van der Waals surface area (Å²) in [5.41, 5.74) is 0. The van der Waals surface area contributed by atoms with Crippen molar-refractivity contribution in [1.82, 2.24) is 10.2 Å². The first kappa shape index (κ1) is 11.3. The summed E-state index contributed by atoms with van der Waals surface area (Å²) in [6, 6.07) is 0.680. The molecule has 2 unspecified atom stereocenters. The number of nitrogens with zero attached hydrogens (tertiary/aromatic N) is 1. The predicted molar refractivity (Wildman–Crippen MR) is 59.1 cm³/mol. The van der Waals surface area contributed by atoms with E-state index in [0.29, 0.717) is 12.1 Å². The molecule has 2 atom stereocenters. The van der Waals surface area contributed by atoms with Crippen molar-refractivity contribution in [2.45, 2.75) is 25.5 Å². The van der Waals surface area contributed by atoms with Crippen LogP contribution in [-0.2, 0) is 9.47 Å². The molecule has 0 saturated carbocycles. The van der Waals surface area contributed by atoms with Gasteiger partial charge in [0.15, 0.2) is 0 Å². The molecule has 2 fully saturated rings. The Balaban J connectivity index is 1.67. The van der Waals surface area contributed by atoms with Crippen molar-refractivity contribution in [3.8, 4) is 0 Å². The van der Waals surface area contributed by atoms with Gasteiger partial charge in [-0.2, -0.15) is 0 Å². The molecule has 1 N–H and O–H groups in total. The number of likely N-dealkylation sites (tertiary alicyclic amines) is 1. The van der Waals surface area contributed by atoms with Crippen LogP contribution >= 0.6 is 0 Å². The summed E-state index contributed by atoms with van der Waals surface area (Å²) in [5.74, 6) is 0. The SMILES string of the molecule is CCNC1CCN(CC2COCCO2)C1. The molecule has 0 aliphatic carbocycles. The van der Waals surface area contributed by atoms with Gasteiger partial charge in [0.2, 0.25) is 0 Å². The molecule has 0 aromatic carbocycles. The molecule has 0 bridgehead atoms. The van der Waals surface area contributed by atoms with Crippen LogP contribution in [0.2, 0.25) is 0 Å². The van der Waals surface area contributed by atoms with Crippen LogP contribution in [0.3, 0.4) is 0 Å². The van der Waals surface area contributed by atoms with Crippen LogP contribution < -0.4 is 5.32 Å². The average Bonchev–Trinajstić information content (AvgIpc) is 2.68. The largest absolute Gasteiger partial charge is 0.376 e. The van der Waals surface area contributed by atoms with Gasteiger partial charge in [0, 0.05) is 19.1 Å². The summed E-state index contributed by atoms with van der Waals surface area (Å²) in [5, 5.41) is 3.50. The van der Waals surface area contributed by atoms with Crippen molar-refractivity contribution in [2.75, 3.05) is 46.0 Å². The fourth-order valence-electron chi connectivity index (χ4n) is 2.38. The first-order valence-corrected chi connectivity index (χ1v) is 6.03. The molecule has 2 rings (SSSR count). The molecule has 0 aromatic heterocycles. The molecular formula is C11H22N2O2. The molecule has 4 nitrogen and oxygen atoms in total. The van der Waals surface area contributed by atoms with Crippen molar-refractivity contribution in [2.24, 2.45) is 0 Å². The number of nitrogens with one attached hydrogen (secondary N) is 1. The van der Waals surface area contributed by atoms with Crippen molar-refractivity contribution >= 4 is 0 Å². The quantitative estimate of drug-likeness (QED) is 0.719. The van der Waals surface area contributed by atoms with Gasteiger partial charge in [-0.15, -0.1) is 0 Å². The Morgan fingerprint density at radius 3 is 3.07 bits per heavy atom. The molecule has 0 radical (unpaired) electrons. The minimum Gasteiger partial charge on any atom is -0.376 e. The van der Waals surface area contributed by atoms with E-state index in [1.165, 1.54) is 13.0 Å². The van der Waals surface area contributed by atoms with Crippen LogP contribution in [0.25, 0.3) is 0 Å². The van der Waals surface area contributed by atoms with E-state index in [1.54, 1.807) is 0 Å². The number of hydrogen-bond donors (Lipinski definition) is 1. The standard InChI is InChI=1S/C11H22N2O2/c1-2-12-10-3-4-13(7-10)8-11-9-14-5-6-15-11/h10-12H,2-9H2,1H3. The monoisotopic (exact) mass is 214 g/mol. The maximum Gasteiger partial charge on any atom is 0.0936 e. The lowest BCUT2D eigenvalue weighted by Gasteiger charge is -2.27. The van der Waals surface area contributed by atoms with Crippen LogP contribution in [-0.4, -0.2) is 63.0 Å². The van der Waals surface area contributed by atoms with Crippen molar-refractivity contribution in [3.05, 3.63) is 0 Å². The summed E-state index contributed by atoms with van der Waals surface area (Å²) >= 11 is 0. The summed E-state index contributed by atoms with van der Waals surface area (Å²) in [6.07, 6.45) is 1.56. The van der Waals surface area contributed by atoms with Crippen LogP contribution in [0.5, 0.6) is 0 Å². The highest BCUT2D eigenvalue weighted by Gasteiger charge is 2.25. The minimum atomic E-state index is 0.291. The molecular weight excluding hydrogens is 192 g/mol. The van der Waals surface area contributed by atoms with E-state index < -0.39 is 0 Å². The summed E-state index contributed by atoms with van der Waals surface area (Å²) in [6.45, 7) is 8.91. The Morgan fingerprint density at radius 2 is 2.33 bits per heavy atom. The van der Waals surface area contributed by atoms with Gasteiger partial charge in [0.05, 0.1) is 25.9 Å². The zero-order valence-corrected chi connectivity index (χ0v) is 9.58. The minimum absolute atomic E-state index is 0.291. The Morgan fingerprint density at radius 1 is 1.40 bits per heavy atom. The molecule has 0 amide bonds. The van der Waals surface area contributed by atoms with Crippen LogP contribution in [0, 0.1) is 0 Å². The first-order valence-electron chi connectivity index (χ1n) is 6.03. The molecule has 4 heteroatoms. The molecule has 2 aliphatic rings. The van der Waals surface area contributed by atoms with Gasteiger partial charge in [-0.25, -0.2) is 0 Å². The summed E-state index contributed by atoms with van der Waals surface area (Å²) < 4.78 is 11.0. The van der Waals surface area contributed by atoms with Crippen molar-refractivity contribution in [1.29, 1.82) is 0 Å². The van der Waals surface area contributed by atoms with E-state index in [-0.39, 0.29) is 0 Å². The number of rotatable bonds is 4. The Bertz CT molecular complexity index is 183. The highest BCUT2D eigenvalue weighted by molar-refractivity contribution is 4.82. The van der Waals surface area contributed by atoms with Crippen LogP contribution in [0.15, 0.2) is 0 Å². The lowest BCUT2D eigenvalue weighted by atomic mass is 10.3. The average molecular weight is 214 g/mol. The van der Waals surface area contributed by atoms with E-state index in [1.807, 2.05) is 0 Å². The fraction of sp³-hybridized carbons (Fsp3) is 1.00. The summed E-state index contributed by atoms with van der Waals surface area (Å²) in [7, 11) is 0. The van der Waals surface area contributed by atoms with E-state index >= 15 is 0 Å². The Kier molecular flexibility index (Phi) is 4.38. The Hall–Kier alpha value is -0.160. The zero-order chi connectivity index (χ0) is 10.5. The fourth-order valence-corrected chi connectivity index (χ4v) is 2.38. The molecule has 2 saturated heterocycles. The zero-order valence-electron chi connectivity index (χ0n) is 9.58. The second-order valence-electron chi connectivity index (χ2n) is 4.37. The number of hydrogen-bond acceptors (Lipinski definition) is 4. The van der Waals surface area contributed by atoms with Crippen molar-refractivity contribution < 1.29 is 9.47 Å². The predicted octanol–water partition coefficient (Wildman–Crippen LogP) is 0.0856. The third kappa shape index (κ3) is 3.41. The lowest BCUT2D eigenvalue weighted by Crippen LogP contribution is -2.40. The summed E-state index contributed by atoms with van der Waals surface area (Å²) in [4.78, 5) is 2.48. The lowest BCUT2D eigenvalue weighted by molar-refractivity contribution is -0.0960. The molecule has 2 aliphatic heterocycles. The van der Waals surface area contributed by atoms with Gasteiger partial charge in [-0.05, 0) is 19.5 Å². The van der Waals surface area contributed by atoms with Crippen LogP contribution in [0.4, 0.5) is 0 Å². The molecule has 2 heterocycles. The highest BCUT2D eigenvalue weighted by atomic mass is 16.6. The van der Waals surface area contributed by atoms with Gasteiger partial charge in [-0.1, -0.05) is 6.92 Å². The van der Waals surface area contributed by atoms with E-state index in [2.05, 4.69) is 17.1 Å². The first-order chi connectivity index (χ1) is 7.38. The smallest absolute Gasteiger partial charge is 0.0936 e. The molecule has 15 heavy (non-hydrogen) atoms. The van der Waals surface area contributed by atoms with E-state index in [4.69, 9.17) is 9.47 Å². The van der Waals surface area contributed by atoms with E-state index in [9.17, 15) is 0 Å². The number of likely N-dealkylation sites (N-methyl/N-ethyl adjacent to an activating group) is 1. The molecule has 88 valence electrons. The van der Waals surface area contributed by atoms with Gasteiger partial charge in [0.25, 0.3) is 0 Å².